The summed E-state index contributed by atoms with van der Waals surface area (Å²) in [5, 5.41) is 5.41. The minimum Gasteiger partial charge on any atom is -0.0616 e. The standard InChI is InChI=1S/C32H18/c1-2-10-27-23(9-1)26-12-5-8-20-14-16-22(32(27)31(20)26)21-15-17-24-25-11-3-6-19-7-4-13-28(30(19)25)29(24)18-21/h1-18H. The molecule has 0 unspecified atom stereocenters. The minimum atomic E-state index is 1.29. The molecule has 0 aromatic heterocycles. The molecule has 0 aliphatic heterocycles. The van der Waals surface area contributed by atoms with Crippen molar-refractivity contribution in [2.24, 2.45) is 0 Å². The van der Waals surface area contributed by atoms with Gasteiger partial charge in [-0.25, -0.2) is 0 Å². The van der Waals surface area contributed by atoms with Crippen LogP contribution < -0.4 is 0 Å². The van der Waals surface area contributed by atoms with Gasteiger partial charge in [0.05, 0.1) is 0 Å². The fourth-order valence-corrected chi connectivity index (χ4v) is 6.02. The van der Waals surface area contributed by atoms with Crippen molar-refractivity contribution in [3.05, 3.63) is 109 Å². The van der Waals surface area contributed by atoms with Crippen molar-refractivity contribution in [2.75, 3.05) is 0 Å². The summed E-state index contributed by atoms with van der Waals surface area (Å²) >= 11 is 0. The maximum Gasteiger partial charge on any atom is -0.00143 e. The fourth-order valence-electron chi connectivity index (χ4n) is 6.02. The van der Waals surface area contributed by atoms with Crippen molar-refractivity contribution in [3.63, 3.8) is 0 Å². The molecule has 0 amide bonds. The lowest BCUT2D eigenvalue weighted by molar-refractivity contribution is 1.63. The van der Waals surface area contributed by atoms with Crippen LogP contribution in [-0.4, -0.2) is 0 Å². The van der Waals surface area contributed by atoms with Gasteiger partial charge in [-0.1, -0.05) is 103 Å². The van der Waals surface area contributed by atoms with Gasteiger partial charge >= 0.3 is 0 Å². The molecule has 0 heterocycles. The monoisotopic (exact) mass is 402 g/mol. The summed E-state index contributed by atoms with van der Waals surface area (Å²) in [5.74, 6) is 0. The molecule has 8 rings (SSSR count). The highest BCUT2D eigenvalue weighted by Crippen LogP contribution is 2.53. The molecule has 0 saturated heterocycles. The van der Waals surface area contributed by atoms with Crippen LogP contribution in [0, 0.1) is 0 Å². The van der Waals surface area contributed by atoms with Crippen LogP contribution in [0.2, 0.25) is 0 Å². The predicted octanol–water partition coefficient (Wildman–Crippen LogP) is 8.95. The lowest BCUT2D eigenvalue weighted by Crippen LogP contribution is -1.86. The Bertz CT molecular complexity index is 1760. The van der Waals surface area contributed by atoms with E-state index in [0.717, 1.165) is 0 Å². The Hall–Kier alpha value is -4.16. The van der Waals surface area contributed by atoms with Gasteiger partial charge in [0.25, 0.3) is 0 Å². The van der Waals surface area contributed by atoms with E-state index < -0.39 is 0 Å². The van der Waals surface area contributed by atoms with Gasteiger partial charge in [0.1, 0.15) is 0 Å². The summed E-state index contributed by atoms with van der Waals surface area (Å²) < 4.78 is 0. The molecule has 0 radical (unpaired) electrons. The van der Waals surface area contributed by atoms with E-state index in [1.54, 1.807) is 0 Å². The molecule has 0 heteroatoms. The van der Waals surface area contributed by atoms with Crippen LogP contribution in [0.3, 0.4) is 0 Å². The topological polar surface area (TPSA) is 0 Å². The van der Waals surface area contributed by atoms with Crippen LogP contribution in [-0.2, 0) is 0 Å². The summed E-state index contributed by atoms with van der Waals surface area (Å²) in [6.45, 7) is 0. The van der Waals surface area contributed by atoms with Gasteiger partial charge in [0, 0.05) is 0 Å². The quantitative estimate of drug-likeness (QED) is 0.257. The van der Waals surface area contributed by atoms with Crippen molar-refractivity contribution in [1.82, 2.24) is 0 Å². The summed E-state index contributed by atoms with van der Waals surface area (Å²) in [6.07, 6.45) is 0. The normalized spacial score (nSPS) is 12.4. The van der Waals surface area contributed by atoms with Crippen LogP contribution in [0.1, 0.15) is 0 Å². The third-order valence-corrected chi connectivity index (χ3v) is 7.35. The maximum absolute atomic E-state index is 2.41. The number of hydrogen-bond donors (Lipinski definition) is 0. The highest BCUT2D eigenvalue weighted by atomic mass is 14.3. The highest BCUT2D eigenvalue weighted by Gasteiger charge is 2.26. The van der Waals surface area contributed by atoms with Gasteiger partial charge in [-0.3, -0.25) is 0 Å². The summed E-state index contributed by atoms with van der Waals surface area (Å²) in [4.78, 5) is 0. The van der Waals surface area contributed by atoms with Crippen LogP contribution in [0.15, 0.2) is 109 Å². The molecule has 2 aliphatic carbocycles. The molecule has 6 aromatic carbocycles. The van der Waals surface area contributed by atoms with Gasteiger partial charge in [-0.05, 0) is 83.2 Å². The molecule has 0 N–H and O–H groups in total. The molecule has 6 aromatic rings. The smallest absolute Gasteiger partial charge is 0.00143 e. The fraction of sp³-hybridized carbons (Fsp3) is 0. The second-order valence-electron chi connectivity index (χ2n) is 8.91. The largest absolute Gasteiger partial charge is 0.0616 e. The van der Waals surface area contributed by atoms with Crippen molar-refractivity contribution < 1.29 is 0 Å². The van der Waals surface area contributed by atoms with E-state index in [1.807, 2.05) is 0 Å². The molecule has 2 aliphatic rings. The van der Waals surface area contributed by atoms with E-state index in [1.165, 1.54) is 77.2 Å². The molecular weight excluding hydrogens is 384 g/mol. The first kappa shape index (κ1) is 16.5. The average molecular weight is 402 g/mol. The molecule has 0 saturated carbocycles. The van der Waals surface area contributed by atoms with Crippen LogP contribution in [0.5, 0.6) is 0 Å². The minimum absolute atomic E-state index is 1.29. The number of fused-ring (bicyclic) bond motifs is 6. The van der Waals surface area contributed by atoms with Crippen LogP contribution >= 0.6 is 0 Å². The Labute approximate surface area is 186 Å². The number of hydrogen-bond acceptors (Lipinski definition) is 0. The van der Waals surface area contributed by atoms with E-state index in [-0.39, 0.29) is 0 Å². The van der Waals surface area contributed by atoms with Gasteiger partial charge in [-0.2, -0.15) is 0 Å². The molecule has 0 bridgehead atoms. The highest BCUT2D eigenvalue weighted by molar-refractivity contribution is 6.20. The van der Waals surface area contributed by atoms with E-state index in [4.69, 9.17) is 0 Å². The van der Waals surface area contributed by atoms with Gasteiger partial charge in [0.15, 0.2) is 0 Å². The summed E-state index contributed by atoms with van der Waals surface area (Å²) in [6, 6.07) is 40.5. The SMILES string of the molecule is c1ccc2c(c1)-c1cccc3ccc(-c4ccc5c(c4)-c4cccc6cccc-5c46)c-2c13. The Morgan fingerprint density at radius 3 is 1.66 bits per heavy atom. The van der Waals surface area contributed by atoms with Crippen molar-refractivity contribution in [1.29, 1.82) is 0 Å². The second-order valence-corrected chi connectivity index (χ2v) is 8.91. The predicted molar refractivity (Wildman–Crippen MR) is 136 cm³/mol. The summed E-state index contributed by atoms with van der Waals surface area (Å²) in [7, 11) is 0. The van der Waals surface area contributed by atoms with E-state index in [9.17, 15) is 0 Å². The lowest BCUT2D eigenvalue weighted by atomic mass is 9.91. The van der Waals surface area contributed by atoms with E-state index in [0.29, 0.717) is 0 Å². The van der Waals surface area contributed by atoms with Gasteiger partial charge < -0.3 is 0 Å². The number of rotatable bonds is 1. The third-order valence-electron chi connectivity index (χ3n) is 7.35. The van der Waals surface area contributed by atoms with Crippen LogP contribution in [0.25, 0.3) is 77.2 Å². The number of benzene rings is 6. The first-order valence-electron chi connectivity index (χ1n) is 11.2. The molecule has 32 heavy (non-hydrogen) atoms. The second kappa shape index (κ2) is 5.75. The Balaban J connectivity index is 1.44. The Kier molecular flexibility index (Phi) is 2.97. The molecule has 0 nitrogen and oxygen atoms in total. The third kappa shape index (κ3) is 1.93. The zero-order valence-electron chi connectivity index (χ0n) is 17.4. The lowest BCUT2D eigenvalue weighted by Gasteiger charge is -2.13. The average Bonchev–Trinajstić information content (AvgIpc) is 3.36. The molecule has 0 atom stereocenters. The first-order chi connectivity index (χ1) is 15.9. The zero-order chi connectivity index (χ0) is 20.8. The Morgan fingerprint density at radius 1 is 0.312 bits per heavy atom. The molecular formula is C32H18. The molecule has 0 fully saturated rings. The van der Waals surface area contributed by atoms with Crippen molar-refractivity contribution in [3.8, 4) is 55.6 Å². The van der Waals surface area contributed by atoms with Gasteiger partial charge in [-0.15, -0.1) is 0 Å². The van der Waals surface area contributed by atoms with E-state index in [2.05, 4.69) is 109 Å². The summed E-state index contributed by atoms with van der Waals surface area (Å²) in [5.41, 5.74) is 13.4. The molecule has 146 valence electrons. The van der Waals surface area contributed by atoms with Crippen LogP contribution in [0.4, 0.5) is 0 Å². The zero-order valence-corrected chi connectivity index (χ0v) is 17.4. The molecule has 0 spiro atoms. The Morgan fingerprint density at radius 2 is 0.875 bits per heavy atom. The van der Waals surface area contributed by atoms with Crippen molar-refractivity contribution in [2.45, 2.75) is 0 Å². The van der Waals surface area contributed by atoms with E-state index >= 15 is 0 Å². The first-order valence-corrected chi connectivity index (χ1v) is 11.2. The van der Waals surface area contributed by atoms with Crippen molar-refractivity contribution >= 4 is 21.5 Å². The maximum atomic E-state index is 2.41. The van der Waals surface area contributed by atoms with Gasteiger partial charge in [0.2, 0.25) is 0 Å².